The molecule has 9 heteroatoms. The highest BCUT2D eigenvalue weighted by molar-refractivity contribution is 8.00. The predicted molar refractivity (Wildman–Crippen MR) is 156 cm³/mol. The molecular weight excluding hydrogens is 527 g/mol. The zero-order chi connectivity index (χ0) is 28.4. The van der Waals surface area contributed by atoms with Gasteiger partial charge in [0.2, 0.25) is 11.8 Å². The number of nitrogens with zero attached hydrogens (tertiary/aromatic N) is 2. The van der Waals surface area contributed by atoms with Crippen LogP contribution in [0.4, 0.5) is 10.3 Å². The van der Waals surface area contributed by atoms with Crippen LogP contribution >= 0.6 is 11.9 Å². The largest absolute Gasteiger partial charge is 0.478 e. The van der Waals surface area contributed by atoms with Crippen molar-refractivity contribution in [3.8, 4) is 17.1 Å². The smallest absolute Gasteiger partial charge is 0.335 e. The minimum absolute atomic E-state index is 0.200. The monoisotopic (exact) mass is 564 g/mol. The lowest BCUT2D eigenvalue weighted by Gasteiger charge is -2.39. The van der Waals surface area contributed by atoms with Crippen LogP contribution in [0.15, 0.2) is 47.4 Å². The molecule has 0 bridgehead atoms. The van der Waals surface area contributed by atoms with E-state index >= 15 is 0 Å². The van der Waals surface area contributed by atoms with Gasteiger partial charge >= 0.3 is 5.97 Å². The van der Waals surface area contributed by atoms with Gasteiger partial charge < -0.3 is 15.2 Å². The van der Waals surface area contributed by atoms with Gasteiger partial charge in [0.15, 0.2) is 0 Å². The van der Waals surface area contributed by atoms with Gasteiger partial charge in [-0.2, -0.15) is 4.98 Å². The number of nitrogens with one attached hydrogen (secondary N) is 2. The highest BCUT2D eigenvalue weighted by Gasteiger charge is 2.53. The third kappa shape index (κ3) is 6.93. The summed E-state index contributed by atoms with van der Waals surface area (Å²) in [5.74, 6) is -0.0000594. The first kappa shape index (κ1) is 28.4. The predicted octanol–water partition coefficient (Wildman–Crippen LogP) is 7.04. The number of rotatable bonds is 12. The van der Waals surface area contributed by atoms with Crippen molar-refractivity contribution in [3.63, 3.8) is 0 Å². The molecule has 0 amide bonds. The summed E-state index contributed by atoms with van der Waals surface area (Å²) >= 11 is 1.22. The molecule has 1 aromatic heterocycles. The molecule has 212 valence electrons. The molecule has 1 unspecified atom stereocenters. The van der Waals surface area contributed by atoms with Crippen molar-refractivity contribution in [1.82, 2.24) is 15.3 Å². The SMILES string of the molecule is Cc1cc(F)cc(C)c1-c1cc(OCC(CC(C)C)NC2CC3(CC3)C2)nc(NSc2cccc(C(=O)O)c2)n1. The van der Waals surface area contributed by atoms with Crippen LogP contribution in [0.5, 0.6) is 5.88 Å². The van der Waals surface area contributed by atoms with Gasteiger partial charge in [-0.15, -0.1) is 0 Å². The zero-order valence-electron chi connectivity index (χ0n) is 23.5. The average molecular weight is 565 g/mol. The van der Waals surface area contributed by atoms with Gasteiger partial charge in [0, 0.05) is 28.6 Å². The number of hydrogen-bond donors (Lipinski definition) is 3. The third-order valence-electron chi connectivity index (χ3n) is 7.77. The maximum absolute atomic E-state index is 14.1. The Morgan fingerprint density at radius 2 is 1.88 bits per heavy atom. The number of benzene rings is 2. The van der Waals surface area contributed by atoms with Crippen molar-refractivity contribution in [3.05, 3.63) is 65.0 Å². The fourth-order valence-corrected chi connectivity index (χ4v) is 6.38. The number of aromatic nitrogens is 2. The highest BCUT2D eigenvalue weighted by Crippen LogP contribution is 2.60. The molecule has 0 aliphatic heterocycles. The quantitative estimate of drug-likeness (QED) is 0.202. The standard InChI is InChI=1S/C31H37FN4O3S/c1-18(2)10-23(33-24-15-31(16-24)8-9-31)17-39-27-14-26(28-19(3)11-22(32)12-20(28)4)34-30(35-27)36-40-25-7-5-6-21(13-25)29(37)38/h5-7,11-14,18,23-24,33H,8-10,15-17H2,1-4H3,(H,37,38)(H,34,35,36). The van der Waals surface area contributed by atoms with E-state index in [9.17, 15) is 14.3 Å². The number of aryl methyl sites for hydroxylation is 2. The molecule has 2 fully saturated rings. The Morgan fingerprint density at radius 1 is 1.15 bits per heavy atom. The number of carboxylic acids is 1. The maximum atomic E-state index is 14.1. The second-order valence-electron chi connectivity index (χ2n) is 11.8. The van der Waals surface area contributed by atoms with Crippen LogP contribution in [0, 0.1) is 31.0 Å². The summed E-state index contributed by atoms with van der Waals surface area (Å²) in [7, 11) is 0. The summed E-state index contributed by atoms with van der Waals surface area (Å²) in [6.45, 7) is 8.65. The lowest BCUT2D eigenvalue weighted by molar-refractivity contribution is 0.0696. The number of carbonyl (C=O) groups is 1. The van der Waals surface area contributed by atoms with Gasteiger partial charge in [-0.05, 0) is 111 Å². The van der Waals surface area contributed by atoms with Crippen molar-refractivity contribution in [1.29, 1.82) is 0 Å². The Hall–Kier alpha value is -3.17. The molecule has 3 aromatic rings. The second kappa shape index (κ2) is 11.7. The Morgan fingerprint density at radius 3 is 2.52 bits per heavy atom. The summed E-state index contributed by atoms with van der Waals surface area (Å²) < 4.78 is 23.5. The van der Waals surface area contributed by atoms with E-state index in [0.29, 0.717) is 46.4 Å². The number of ether oxygens (including phenoxy) is 1. The average Bonchev–Trinajstić information content (AvgIpc) is 3.66. The Balaban J connectivity index is 1.37. The molecule has 2 aliphatic carbocycles. The number of carboxylic acid groups (broad SMARTS) is 1. The van der Waals surface area contributed by atoms with Crippen molar-refractivity contribution < 1.29 is 19.0 Å². The second-order valence-corrected chi connectivity index (χ2v) is 12.7. The lowest BCUT2D eigenvalue weighted by Crippen LogP contribution is -2.49. The number of hydrogen-bond acceptors (Lipinski definition) is 7. The first-order valence-corrected chi connectivity index (χ1v) is 14.7. The molecule has 1 heterocycles. The first-order valence-electron chi connectivity index (χ1n) is 13.9. The molecule has 0 radical (unpaired) electrons. The molecule has 1 atom stereocenters. The van der Waals surface area contributed by atoms with E-state index < -0.39 is 5.97 Å². The first-order chi connectivity index (χ1) is 19.1. The van der Waals surface area contributed by atoms with Crippen LogP contribution in [-0.4, -0.2) is 39.7 Å². The topological polar surface area (TPSA) is 96.4 Å². The van der Waals surface area contributed by atoms with E-state index in [1.165, 1.54) is 49.8 Å². The van der Waals surface area contributed by atoms with Crippen LogP contribution in [0.2, 0.25) is 0 Å². The van der Waals surface area contributed by atoms with Crippen LogP contribution in [0.25, 0.3) is 11.3 Å². The number of anilines is 1. The van der Waals surface area contributed by atoms with Gasteiger partial charge in [-0.1, -0.05) is 19.9 Å². The summed E-state index contributed by atoms with van der Waals surface area (Å²) in [5, 5.41) is 13.1. The van der Waals surface area contributed by atoms with E-state index in [1.807, 2.05) is 26.0 Å². The zero-order valence-corrected chi connectivity index (χ0v) is 24.3. The molecule has 5 rings (SSSR count). The minimum atomic E-state index is -0.989. The van der Waals surface area contributed by atoms with Crippen molar-refractivity contribution in [2.24, 2.45) is 11.3 Å². The van der Waals surface area contributed by atoms with Crippen molar-refractivity contribution in [2.75, 3.05) is 11.3 Å². The minimum Gasteiger partial charge on any atom is -0.478 e. The molecule has 1 spiro atoms. The molecule has 2 aromatic carbocycles. The number of aromatic carboxylic acids is 1. The molecule has 40 heavy (non-hydrogen) atoms. The van der Waals surface area contributed by atoms with E-state index in [4.69, 9.17) is 9.72 Å². The third-order valence-corrected chi connectivity index (χ3v) is 8.55. The Bertz CT molecular complexity index is 1360. The highest BCUT2D eigenvalue weighted by atomic mass is 32.2. The summed E-state index contributed by atoms with van der Waals surface area (Å²) in [6.07, 6.45) is 6.26. The van der Waals surface area contributed by atoms with E-state index in [0.717, 1.165) is 23.1 Å². The number of halogens is 1. The van der Waals surface area contributed by atoms with E-state index in [-0.39, 0.29) is 17.4 Å². The lowest BCUT2D eigenvalue weighted by atomic mass is 9.76. The normalized spacial score (nSPS) is 16.6. The van der Waals surface area contributed by atoms with Crippen molar-refractivity contribution in [2.45, 2.75) is 76.8 Å². The molecule has 2 aliphatic rings. The van der Waals surface area contributed by atoms with Crippen LogP contribution < -0.4 is 14.8 Å². The molecule has 3 N–H and O–H groups in total. The van der Waals surface area contributed by atoms with Crippen molar-refractivity contribution >= 4 is 23.9 Å². The fraction of sp³-hybridized carbons (Fsp3) is 0.452. The molecule has 0 saturated heterocycles. The molecule has 2 saturated carbocycles. The van der Waals surface area contributed by atoms with E-state index in [1.54, 1.807) is 18.2 Å². The van der Waals surface area contributed by atoms with Gasteiger partial charge in [0.1, 0.15) is 12.4 Å². The van der Waals surface area contributed by atoms with Gasteiger partial charge in [0.25, 0.3) is 0 Å². The van der Waals surface area contributed by atoms with Gasteiger partial charge in [-0.25, -0.2) is 14.2 Å². The maximum Gasteiger partial charge on any atom is 0.335 e. The summed E-state index contributed by atoms with van der Waals surface area (Å²) in [4.78, 5) is 21.4. The van der Waals surface area contributed by atoms with E-state index in [2.05, 4.69) is 28.9 Å². The summed E-state index contributed by atoms with van der Waals surface area (Å²) in [6, 6.07) is 12.2. The summed E-state index contributed by atoms with van der Waals surface area (Å²) in [5.41, 5.74) is 3.84. The van der Waals surface area contributed by atoms with Gasteiger partial charge in [0.05, 0.1) is 11.3 Å². The van der Waals surface area contributed by atoms with Crippen LogP contribution in [0.3, 0.4) is 0 Å². The fourth-order valence-electron chi connectivity index (χ4n) is 5.75. The molecular formula is C31H37FN4O3S. The Kier molecular flexibility index (Phi) is 8.33. The van der Waals surface area contributed by atoms with Gasteiger partial charge in [-0.3, -0.25) is 4.72 Å². The molecule has 7 nitrogen and oxygen atoms in total. The Labute approximate surface area is 239 Å². The van der Waals surface area contributed by atoms with Crippen LogP contribution in [-0.2, 0) is 0 Å². The van der Waals surface area contributed by atoms with Crippen LogP contribution in [0.1, 0.15) is 67.4 Å².